The molecule has 0 saturated carbocycles. The van der Waals surface area contributed by atoms with Gasteiger partial charge in [0.2, 0.25) is 0 Å². The van der Waals surface area contributed by atoms with Crippen LogP contribution in [0.3, 0.4) is 0 Å². The molecule has 8 aromatic carbocycles. The first-order valence-electron chi connectivity index (χ1n) is 19.7. The lowest BCUT2D eigenvalue weighted by Gasteiger charge is -2.40. The molecule has 1 saturated heterocycles. The van der Waals surface area contributed by atoms with Gasteiger partial charge in [-0.05, 0) is 92.5 Å². The fourth-order valence-electron chi connectivity index (χ4n) is 9.54. The van der Waals surface area contributed by atoms with Crippen LogP contribution in [0.15, 0.2) is 168 Å². The Morgan fingerprint density at radius 3 is 1.93 bits per heavy atom. The molecule has 12 rings (SSSR count). The van der Waals surface area contributed by atoms with E-state index in [9.17, 15) is 0 Å². The summed E-state index contributed by atoms with van der Waals surface area (Å²) in [5, 5.41) is 21.5. The number of benzene rings is 8. The predicted molar refractivity (Wildman–Crippen MR) is 231 cm³/mol. The fraction of sp³-hybridized carbons (Fsp3) is 0.0980. The SMILES string of the molecule is C1=Cc2c(ccc3c2c2c4ccccc4ccc2n3-c2ccc(C3NC(c4ccccc4)NC(c4ccccc4)N3)c3c2oc2cc4ccccc4cc23)CC1. The molecule has 0 spiro atoms. The highest BCUT2D eigenvalue weighted by atomic mass is 16.3. The third kappa shape index (κ3) is 4.85. The van der Waals surface area contributed by atoms with Gasteiger partial charge in [-0.2, -0.15) is 0 Å². The lowest BCUT2D eigenvalue weighted by atomic mass is 9.92. The maximum Gasteiger partial charge on any atom is 0.159 e. The average molecular weight is 723 g/mol. The van der Waals surface area contributed by atoms with Crippen molar-refractivity contribution in [1.29, 1.82) is 0 Å². The minimum absolute atomic E-state index is 0.0915. The molecule has 10 aromatic rings. The van der Waals surface area contributed by atoms with Crippen LogP contribution >= 0.6 is 0 Å². The van der Waals surface area contributed by atoms with E-state index in [1.165, 1.54) is 60.2 Å². The zero-order valence-electron chi connectivity index (χ0n) is 30.7. The zero-order valence-corrected chi connectivity index (χ0v) is 30.7. The number of hydrogen-bond donors (Lipinski definition) is 3. The zero-order chi connectivity index (χ0) is 36.7. The standard InChI is InChI=1S/C51H38N4O/c1-3-15-33(16-4-1)49-52-50(34-17-5-2-6-18-34)54-51(53-49)39-25-28-43(48-45(39)40-29-35-19-7-8-20-36(35)30-44(40)56-48)55-41-26-23-31-13-9-11-21-37(31)46(41)47-38-22-12-10-14-32(38)24-27-42(47)55/h1-9,11-13,15-30,49-54H,10,14H2. The molecule has 1 aliphatic carbocycles. The van der Waals surface area contributed by atoms with Crippen molar-refractivity contribution in [2.24, 2.45) is 0 Å². The summed E-state index contributed by atoms with van der Waals surface area (Å²) < 4.78 is 9.62. The summed E-state index contributed by atoms with van der Waals surface area (Å²) in [6.45, 7) is 0. The number of hydrogen-bond acceptors (Lipinski definition) is 4. The predicted octanol–water partition coefficient (Wildman–Crippen LogP) is 12.1. The number of fused-ring (bicyclic) bond motifs is 11. The monoisotopic (exact) mass is 722 g/mol. The Bertz CT molecular complexity index is 3150. The van der Waals surface area contributed by atoms with Gasteiger partial charge in [-0.1, -0.05) is 140 Å². The third-order valence-corrected chi connectivity index (χ3v) is 12.1. The van der Waals surface area contributed by atoms with Crippen LogP contribution in [0.4, 0.5) is 0 Å². The van der Waals surface area contributed by atoms with Crippen LogP contribution in [-0.2, 0) is 6.42 Å². The van der Waals surface area contributed by atoms with E-state index in [1.807, 2.05) is 0 Å². The van der Waals surface area contributed by atoms with Crippen LogP contribution in [0.2, 0.25) is 0 Å². The first-order chi connectivity index (χ1) is 27.8. The van der Waals surface area contributed by atoms with Gasteiger partial charge in [0, 0.05) is 21.5 Å². The van der Waals surface area contributed by atoms with E-state index in [0.29, 0.717) is 0 Å². The van der Waals surface area contributed by atoms with Crippen molar-refractivity contribution in [3.05, 3.63) is 192 Å². The molecule has 1 fully saturated rings. The van der Waals surface area contributed by atoms with Gasteiger partial charge in [-0.3, -0.25) is 16.0 Å². The van der Waals surface area contributed by atoms with Gasteiger partial charge in [-0.15, -0.1) is 0 Å². The van der Waals surface area contributed by atoms with E-state index in [1.54, 1.807) is 0 Å². The summed E-state index contributed by atoms with van der Waals surface area (Å²) in [7, 11) is 0. The Kier molecular flexibility index (Phi) is 7.11. The normalized spacial score (nSPS) is 18.5. The number of aromatic nitrogens is 1. The first-order valence-corrected chi connectivity index (χ1v) is 19.7. The summed E-state index contributed by atoms with van der Waals surface area (Å²) in [6.07, 6.45) is 6.42. The number of nitrogens with zero attached hydrogens (tertiary/aromatic N) is 1. The average Bonchev–Trinajstić information content (AvgIpc) is 3.82. The van der Waals surface area contributed by atoms with E-state index in [0.717, 1.165) is 51.4 Å². The van der Waals surface area contributed by atoms with Gasteiger partial charge in [0.05, 0.1) is 35.2 Å². The third-order valence-electron chi connectivity index (χ3n) is 12.1. The molecule has 3 heterocycles. The molecule has 0 radical (unpaired) electrons. The fourth-order valence-corrected chi connectivity index (χ4v) is 9.54. The van der Waals surface area contributed by atoms with E-state index >= 15 is 0 Å². The Morgan fingerprint density at radius 1 is 0.518 bits per heavy atom. The second kappa shape index (κ2) is 12.5. The molecule has 56 heavy (non-hydrogen) atoms. The van der Waals surface area contributed by atoms with Gasteiger partial charge in [-0.25, -0.2) is 0 Å². The van der Waals surface area contributed by atoms with Crippen LogP contribution in [0.25, 0.3) is 77.1 Å². The molecule has 5 heteroatoms. The van der Waals surface area contributed by atoms with E-state index in [-0.39, 0.29) is 18.5 Å². The molecule has 2 aliphatic rings. The van der Waals surface area contributed by atoms with Gasteiger partial charge in [0.1, 0.15) is 5.58 Å². The minimum atomic E-state index is -0.199. The van der Waals surface area contributed by atoms with E-state index in [4.69, 9.17) is 4.42 Å². The van der Waals surface area contributed by atoms with Gasteiger partial charge >= 0.3 is 0 Å². The molecule has 2 atom stereocenters. The van der Waals surface area contributed by atoms with Crippen molar-refractivity contribution >= 4 is 71.4 Å². The van der Waals surface area contributed by atoms with Crippen molar-refractivity contribution in [2.45, 2.75) is 31.3 Å². The smallest absolute Gasteiger partial charge is 0.159 e. The Balaban J connectivity index is 1.15. The Labute approximate surface area is 323 Å². The van der Waals surface area contributed by atoms with Crippen LogP contribution in [0.1, 0.15) is 52.7 Å². The van der Waals surface area contributed by atoms with Crippen LogP contribution in [0, 0.1) is 0 Å². The highest BCUT2D eigenvalue weighted by Crippen LogP contribution is 2.45. The number of nitrogens with one attached hydrogen (secondary N) is 3. The number of aryl methyl sites for hydroxylation is 1. The molecule has 2 unspecified atom stereocenters. The quantitative estimate of drug-likeness (QED) is 0.169. The largest absolute Gasteiger partial charge is 0.454 e. The maximum absolute atomic E-state index is 7.16. The highest BCUT2D eigenvalue weighted by molar-refractivity contribution is 6.24. The van der Waals surface area contributed by atoms with Gasteiger partial charge < -0.3 is 8.98 Å². The van der Waals surface area contributed by atoms with Crippen molar-refractivity contribution < 1.29 is 4.42 Å². The molecule has 1 aliphatic heterocycles. The molecule has 0 amide bonds. The second-order valence-electron chi connectivity index (χ2n) is 15.3. The first kappa shape index (κ1) is 31.8. The Morgan fingerprint density at radius 2 is 1.16 bits per heavy atom. The van der Waals surface area contributed by atoms with Crippen molar-refractivity contribution in [1.82, 2.24) is 20.5 Å². The molecule has 0 bridgehead atoms. The lowest BCUT2D eigenvalue weighted by molar-refractivity contribution is 0.204. The highest BCUT2D eigenvalue weighted by Gasteiger charge is 2.32. The molecular formula is C51H38N4O. The molecule has 268 valence electrons. The lowest BCUT2D eigenvalue weighted by Crippen LogP contribution is -2.54. The second-order valence-corrected chi connectivity index (χ2v) is 15.3. The number of allylic oxidation sites excluding steroid dienone is 1. The molecule has 5 nitrogen and oxygen atoms in total. The van der Waals surface area contributed by atoms with Crippen LogP contribution in [0.5, 0.6) is 0 Å². The molecule has 3 N–H and O–H groups in total. The Hall–Kier alpha value is -6.50. The van der Waals surface area contributed by atoms with Crippen LogP contribution < -0.4 is 16.0 Å². The molecule has 2 aromatic heterocycles. The summed E-state index contributed by atoms with van der Waals surface area (Å²) in [4.78, 5) is 0. The summed E-state index contributed by atoms with van der Waals surface area (Å²) in [5.41, 5.74) is 11.4. The summed E-state index contributed by atoms with van der Waals surface area (Å²) >= 11 is 0. The minimum Gasteiger partial charge on any atom is -0.454 e. The van der Waals surface area contributed by atoms with Gasteiger partial charge in [0.15, 0.2) is 5.58 Å². The summed E-state index contributed by atoms with van der Waals surface area (Å²) in [6, 6.07) is 57.1. The van der Waals surface area contributed by atoms with Crippen molar-refractivity contribution in [3.8, 4) is 5.69 Å². The summed E-state index contributed by atoms with van der Waals surface area (Å²) in [5.74, 6) is 0. The number of rotatable bonds is 4. The van der Waals surface area contributed by atoms with Crippen LogP contribution in [-0.4, -0.2) is 4.57 Å². The maximum atomic E-state index is 7.16. The van der Waals surface area contributed by atoms with E-state index in [2.05, 4.69) is 190 Å². The molecular weight excluding hydrogens is 685 g/mol. The van der Waals surface area contributed by atoms with Crippen molar-refractivity contribution in [2.75, 3.05) is 0 Å². The topological polar surface area (TPSA) is 54.2 Å². The van der Waals surface area contributed by atoms with Gasteiger partial charge in [0.25, 0.3) is 0 Å². The number of furan rings is 1. The van der Waals surface area contributed by atoms with Crippen molar-refractivity contribution in [3.63, 3.8) is 0 Å². The van der Waals surface area contributed by atoms with E-state index < -0.39 is 0 Å².